The standard InChI is InChI=1S/C29H24N2O7S/c1-18(28(32)30-24-17-26-23(16-27(24)36-2)22-13-6-7-14-25(22)38-26)37-29(33)19-9-8-10-20(15-19)31-39(34,35)21-11-4-3-5-12-21/h3-18,31H,1-2H3,(H,30,32). The van der Waals surface area contributed by atoms with Gasteiger partial charge < -0.3 is 19.2 Å². The molecule has 9 nitrogen and oxygen atoms in total. The fourth-order valence-electron chi connectivity index (χ4n) is 4.06. The van der Waals surface area contributed by atoms with Crippen LogP contribution in [0.15, 0.2) is 100 Å². The number of esters is 1. The predicted octanol–water partition coefficient (Wildman–Crippen LogP) is 5.58. The van der Waals surface area contributed by atoms with Gasteiger partial charge in [0.1, 0.15) is 16.9 Å². The van der Waals surface area contributed by atoms with Crippen LogP contribution in [0, 0.1) is 0 Å². The van der Waals surface area contributed by atoms with Crippen molar-refractivity contribution in [1.82, 2.24) is 0 Å². The third kappa shape index (κ3) is 5.41. The number of amides is 1. The summed E-state index contributed by atoms with van der Waals surface area (Å²) in [5, 5.41) is 4.47. The van der Waals surface area contributed by atoms with E-state index in [1.165, 1.54) is 50.4 Å². The fourth-order valence-corrected chi connectivity index (χ4v) is 5.13. The largest absolute Gasteiger partial charge is 0.495 e. The van der Waals surface area contributed by atoms with Gasteiger partial charge in [-0.05, 0) is 49.4 Å². The Morgan fingerprint density at radius 1 is 0.846 bits per heavy atom. The molecule has 39 heavy (non-hydrogen) atoms. The van der Waals surface area contributed by atoms with Gasteiger partial charge in [0.25, 0.3) is 15.9 Å². The average Bonchev–Trinajstić information content (AvgIpc) is 3.30. The molecule has 0 saturated heterocycles. The quantitative estimate of drug-likeness (QED) is 0.244. The number of carbonyl (C=O) groups excluding carboxylic acids is 2. The van der Waals surface area contributed by atoms with Gasteiger partial charge in [-0.3, -0.25) is 9.52 Å². The van der Waals surface area contributed by atoms with Crippen molar-refractivity contribution in [3.8, 4) is 5.75 Å². The summed E-state index contributed by atoms with van der Waals surface area (Å²) in [6.45, 7) is 1.43. The normalized spacial score (nSPS) is 12.2. The second-order valence-corrected chi connectivity index (χ2v) is 10.4. The summed E-state index contributed by atoms with van der Waals surface area (Å²) in [7, 11) is -2.36. The van der Waals surface area contributed by atoms with Gasteiger partial charge in [0.15, 0.2) is 6.10 Å². The number of sulfonamides is 1. The molecule has 1 amide bonds. The SMILES string of the molecule is COc1cc2c(cc1NC(=O)C(C)OC(=O)c1cccc(NS(=O)(=O)c3ccccc3)c1)oc1ccccc12. The molecule has 5 aromatic rings. The molecule has 0 fully saturated rings. The Morgan fingerprint density at radius 3 is 2.36 bits per heavy atom. The number of anilines is 2. The molecule has 10 heteroatoms. The van der Waals surface area contributed by atoms with Crippen molar-refractivity contribution in [3.63, 3.8) is 0 Å². The van der Waals surface area contributed by atoms with E-state index in [-0.39, 0.29) is 16.1 Å². The number of hydrogen-bond acceptors (Lipinski definition) is 7. The highest BCUT2D eigenvalue weighted by Gasteiger charge is 2.22. The van der Waals surface area contributed by atoms with Crippen molar-refractivity contribution in [2.45, 2.75) is 17.9 Å². The lowest BCUT2D eigenvalue weighted by molar-refractivity contribution is -0.123. The summed E-state index contributed by atoms with van der Waals surface area (Å²) in [6, 6.07) is 24.7. The van der Waals surface area contributed by atoms with Gasteiger partial charge in [0, 0.05) is 22.5 Å². The summed E-state index contributed by atoms with van der Waals surface area (Å²) >= 11 is 0. The molecule has 198 valence electrons. The summed E-state index contributed by atoms with van der Waals surface area (Å²) in [4.78, 5) is 25.8. The highest BCUT2D eigenvalue weighted by Crippen LogP contribution is 2.36. The van der Waals surface area contributed by atoms with Crippen LogP contribution in [0.1, 0.15) is 17.3 Å². The van der Waals surface area contributed by atoms with Crippen molar-refractivity contribution in [3.05, 3.63) is 96.6 Å². The average molecular weight is 545 g/mol. The first-order chi connectivity index (χ1) is 18.7. The molecule has 1 unspecified atom stereocenters. The Kier molecular flexibility index (Phi) is 6.95. The van der Waals surface area contributed by atoms with Crippen LogP contribution in [0.4, 0.5) is 11.4 Å². The first kappa shape index (κ1) is 25.8. The zero-order chi connectivity index (χ0) is 27.6. The van der Waals surface area contributed by atoms with Crippen LogP contribution in [0.25, 0.3) is 21.9 Å². The van der Waals surface area contributed by atoms with E-state index in [1.54, 1.807) is 30.3 Å². The number of rotatable bonds is 8. The highest BCUT2D eigenvalue weighted by molar-refractivity contribution is 7.92. The summed E-state index contributed by atoms with van der Waals surface area (Å²) < 4.78 is 44.4. The molecule has 0 spiro atoms. The van der Waals surface area contributed by atoms with Gasteiger partial charge in [-0.25, -0.2) is 13.2 Å². The van der Waals surface area contributed by atoms with E-state index in [0.717, 1.165) is 10.8 Å². The zero-order valence-corrected chi connectivity index (χ0v) is 21.8. The molecular formula is C29H24N2O7S. The Balaban J connectivity index is 1.29. The van der Waals surface area contributed by atoms with E-state index in [0.29, 0.717) is 22.6 Å². The summed E-state index contributed by atoms with van der Waals surface area (Å²) in [5.74, 6) is -0.963. The maximum Gasteiger partial charge on any atom is 0.338 e. The molecule has 1 atom stereocenters. The number of methoxy groups -OCH3 is 1. The molecule has 5 rings (SSSR count). The van der Waals surface area contributed by atoms with Crippen LogP contribution in [-0.2, 0) is 19.6 Å². The molecule has 1 aromatic heterocycles. The number of carbonyl (C=O) groups is 2. The van der Waals surface area contributed by atoms with Crippen molar-refractivity contribution >= 4 is 55.2 Å². The Hall–Kier alpha value is -4.83. The molecule has 0 bridgehead atoms. The molecule has 2 N–H and O–H groups in total. The van der Waals surface area contributed by atoms with Crippen molar-refractivity contribution in [1.29, 1.82) is 0 Å². The van der Waals surface area contributed by atoms with Crippen LogP contribution in [0.5, 0.6) is 5.75 Å². The molecule has 0 aliphatic heterocycles. The van der Waals surface area contributed by atoms with Gasteiger partial charge in [0.2, 0.25) is 0 Å². The van der Waals surface area contributed by atoms with Gasteiger partial charge >= 0.3 is 5.97 Å². The van der Waals surface area contributed by atoms with Crippen LogP contribution in [0.3, 0.4) is 0 Å². The van der Waals surface area contributed by atoms with Crippen molar-refractivity contribution in [2.24, 2.45) is 0 Å². The number of fused-ring (bicyclic) bond motifs is 3. The first-order valence-electron chi connectivity index (χ1n) is 11.9. The first-order valence-corrected chi connectivity index (χ1v) is 13.4. The zero-order valence-electron chi connectivity index (χ0n) is 21.0. The van der Waals surface area contributed by atoms with Crippen LogP contribution >= 0.6 is 0 Å². The number of nitrogens with one attached hydrogen (secondary N) is 2. The number of hydrogen-bond donors (Lipinski definition) is 2. The molecule has 4 aromatic carbocycles. The third-order valence-electron chi connectivity index (χ3n) is 6.01. The molecule has 0 radical (unpaired) electrons. The Bertz CT molecular complexity index is 1800. The lowest BCUT2D eigenvalue weighted by Gasteiger charge is -2.16. The van der Waals surface area contributed by atoms with Crippen LogP contribution < -0.4 is 14.8 Å². The van der Waals surface area contributed by atoms with E-state index < -0.39 is 28.0 Å². The summed E-state index contributed by atoms with van der Waals surface area (Å²) in [5.41, 5.74) is 1.87. The Morgan fingerprint density at radius 2 is 1.59 bits per heavy atom. The van der Waals surface area contributed by atoms with Crippen LogP contribution in [-0.4, -0.2) is 33.5 Å². The van der Waals surface area contributed by atoms with Crippen LogP contribution in [0.2, 0.25) is 0 Å². The molecule has 0 aliphatic rings. The maximum atomic E-state index is 12.9. The minimum absolute atomic E-state index is 0.0733. The minimum atomic E-state index is -3.84. The molecule has 0 saturated carbocycles. The summed E-state index contributed by atoms with van der Waals surface area (Å²) in [6.07, 6.45) is -1.17. The van der Waals surface area contributed by atoms with E-state index in [2.05, 4.69) is 10.0 Å². The fraction of sp³-hybridized carbons (Fsp3) is 0.103. The second-order valence-electron chi connectivity index (χ2n) is 8.68. The number of para-hydroxylation sites is 1. The lowest BCUT2D eigenvalue weighted by atomic mass is 10.1. The smallest absolute Gasteiger partial charge is 0.338 e. The van der Waals surface area contributed by atoms with E-state index in [4.69, 9.17) is 13.9 Å². The highest BCUT2D eigenvalue weighted by atomic mass is 32.2. The van der Waals surface area contributed by atoms with E-state index >= 15 is 0 Å². The monoisotopic (exact) mass is 544 g/mol. The maximum absolute atomic E-state index is 12.9. The number of ether oxygens (including phenoxy) is 2. The number of furan rings is 1. The van der Waals surface area contributed by atoms with Crippen molar-refractivity contribution < 1.29 is 31.9 Å². The van der Waals surface area contributed by atoms with Gasteiger partial charge in [-0.15, -0.1) is 0 Å². The van der Waals surface area contributed by atoms with Gasteiger partial charge in [0.05, 0.1) is 23.3 Å². The topological polar surface area (TPSA) is 124 Å². The lowest BCUT2D eigenvalue weighted by Crippen LogP contribution is -2.30. The number of benzene rings is 4. The molecule has 0 aliphatic carbocycles. The minimum Gasteiger partial charge on any atom is -0.495 e. The predicted molar refractivity (Wildman–Crippen MR) is 147 cm³/mol. The van der Waals surface area contributed by atoms with E-state index in [9.17, 15) is 18.0 Å². The van der Waals surface area contributed by atoms with Gasteiger partial charge in [-0.2, -0.15) is 0 Å². The van der Waals surface area contributed by atoms with Crippen molar-refractivity contribution in [2.75, 3.05) is 17.1 Å². The van der Waals surface area contributed by atoms with E-state index in [1.807, 2.05) is 24.3 Å². The molecule has 1 heterocycles. The Labute approximate surface area is 224 Å². The molecular weight excluding hydrogens is 520 g/mol. The van der Waals surface area contributed by atoms with Gasteiger partial charge in [-0.1, -0.05) is 42.5 Å². The second kappa shape index (κ2) is 10.5. The third-order valence-corrected chi connectivity index (χ3v) is 7.41.